The minimum Gasteiger partial charge on any atom is -0.481 e. The van der Waals surface area contributed by atoms with E-state index in [2.05, 4.69) is 0 Å². The number of carbonyl (C=O) groups excluding carboxylic acids is 1. The minimum absolute atomic E-state index is 0.0156. The molecule has 1 N–H and O–H groups in total. The lowest BCUT2D eigenvalue weighted by Crippen LogP contribution is -2.44. The largest absolute Gasteiger partial charge is 0.481 e. The SMILES string of the molecule is Cc1ccoc1C(=O)N1CCCCC1CCC(=O)O. The van der Waals surface area contributed by atoms with E-state index in [0.717, 1.165) is 24.8 Å². The van der Waals surface area contributed by atoms with Gasteiger partial charge in [0.1, 0.15) is 0 Å². The zero-order chi connectivity index (χ0) is 13.8. The van der Waals surface area contributed by atoms with Crippen LogP contribution in [0.25, 0.3) is 0 Å². The molecule has 104 valence electrons. The molecule has 0 aromatic carbocycles. The lowest BCUT2D eigenvalue weighted by atomic mass is 9.97. The van der Waals surface area contributed by atoms with Crippen LogP contribution >= 0.6 is 0 Å². The Labute approximate surface area is 112 Å². The molecule has 0 spiro atoms. The van der Waals surface area contributed by atoms with Crippen LogP contribution in [-0.4, -0.2) is 34.5 Å². The molecule has 1 aromatic heterocycles. The quantitative estimate of drug-likeness (QED) is 0.907. The summed E-state index contributed by atoms with van der Waals surface area (Å²) >= 11 is 0. The van der Waals surface area contributed by atoms with Gasteiger partial charge in [0.25, 0.3) is 5.91 Å². The number of hydrogen-bond donors (Lipinski definition) is 1. The Kier molecular flexibility index (Phi) is 4.24. The summed E-state index contributed by atoms with van der Waals surface area (Å²) < 4.78 is 5.25. The van der Waals surface area contributed by atoms with Gasteiger partial charge in [0.15, 0.2) is 5.76 Å². The maximum Gasteiger partial charge on any atom is 0.303 e. The zero-order valence-electron chi connectivity index (χ0n) is 11.1. The number of aryl methyl sites for hydroxylation is 1. The van der Waals surface area contributed by atoms with Crippen molar-refractivity contribution in [1.29, 1.82) is 0 Å². The molecule has 1 aliphatic heterocycles. The molecule has 1 amide bonds. The maximum absolute atomic E-state index is 12.4. The second-order valence-electron chi connectivity index (χ2n) is 5.01. The number of carboxylic acid groups (broad SMARTS) is 1. The number of nitrogens with zero attached hydrogens (tertiary/aromatic N) is 1. The molecule has 1 aliphatic rings. The molecule has 1 atom stereocenters. The molecule has 2 rings (SSSR count). The summed E-state index contributed by atoms with van der Waals surface area (Å²) in [6, 6.07) is 1.78. The molecule has 2 heterocycles. The van der Waals surface area contributed by atoms with Crippen molar-refractivity contribution in [2.24, 2.45) is 0 Å². The first-order chi connectivity index (χ1) is 9.09. The Morgan fingerprint density at radius 2 is 2.26 bits per heavy atom. The molecule has 1 fully saturated rings. The second-order valence-corrected chi connectivity index (χ2v) is 5.01. The molecular weight excluding hydrogens is 246 g/mol. The van der Waals surface area contributed by atoms with Crippen molar-refractivity contribution < 1.29 is 19.1 Å². The third kappa shape index (κ3) is 3.16. The first-order valence-electron chi connectivity index (χ1n) is 6.66. The van der Waals surface area contributed by atoms with Crippen molar-refractivity contribution >= 4 is 11.9 Å². The van der Waals surface area contributed by atoms with E-state index in [1.54, 1.807) is 11.0 Å². The van der Waals surface area contributed by atoms with Crippen molar-refractivity contribution in [1.82, 2.24) is 4.90 Å². The topological polar surface area (TPSA) is 70.8 Å². The molecule has 5 nitrogen and oxygen atoms in total. The van der Waals surface area contributed by atoms with E-state index >= 15 is 0 Å². The van der Waals surface area contributed by atoms with E-state index in [0.29, 0.717) is 18.7 Å². The average molecular weight is 265 g/mol. The summed E-state index contributed by atoms with van der Waals surface area (Å²) in [7, 11) is 0. The summed E-state index contributed by atoms with van der Waals surface area (Å²) in [5.41, 5.74) is 0.826. The van der Waals surface area contributed by atoms with Crippen LogP contribution in [-0.2, 0) is 4.79 Å². The lowest BCUT2D eigenvalue weighted by Gasteiger charge is -2.35. The van der Waals surface area contributed by atoms with Gasteiger partial charge < -0.3 is 14.4 Å². The average Bonchev–Trinajstić information content (AvgIpc) is 2.82. The highest BCUT2D eigenvalue weighted by Crippen LogP contribution is 2.24. The third-order valence-corrected chi connectivity index (χ3v) is 3.64. The van der Waals surface area contributed by atoms with Crippen LogP contribution in [0.1, 0.15) is 48.2 Å². The monoisotopic (exact) mass is 265 g/mol. The normalized spacial score (nSPS) is 19.4. The second kappa shape index (κ2) is 5.91. The van der Waals surface area contributed by atoms with E-state index in [1.807, 2.05) is 6.92 Å². The molecule has 1 unspecified atom stereocenters. The molecule has 5 heteroatoms. The van der Waals surface area contributed by atoms with Gasteiger partial charge in [0.05, 0.1) is 6.26 Å². The number of rotatable bonds is 4. The fourth-order valence-electron chi connectivity index (χ4n) is 2.58. The number of carbonyl (C=O) groups is 2. The third-order valence-electron chi connectivity index (χ3n) is 3.64. The summed E-state index contributed by atoms with van der Waals surface area (Å²) in [5, 5.41) is 8.78. The number of carboxylic acids is 1. The zero-order valence-corrected chi connectivity index (χ0v) is 11.1. The smallest absolute Gasteiger partial charge is 0.303 e. The molecule has 0 saturated carbocycles. The molecular formula is C14H19NO4. The highest BCUT2D eigenvalue weighted by Gasteiger charge is 2.29. The van der Waals surface area contributed by atoms with Crippen LogP contribution in [0.2, 0.25) is 0 Å². The van der Waals surface area contributed by atoms with Crippen LogP contribution in [0.4, 0.5) is 0 Å². The van der Waals surface area contributed by atoms with E-state index in [9.17, 15) is 9.59 Å². The van der Waals surface area contributed by atoms with Gasteiger partial charge in [-0.2, -0.15) is 0 Å². The summed E-state index contributed by atoms with van der Waals surface area (Å²) in [6.07, 6.45) is 5.02. The van der Waals surface area contributed by atoms with Crippen LogP contribution < -0.4 is 0 Å². The van der Waals surface area contributed by atoms with E-state index in [4.69, 9.17) is 9.52 Å². The summed E-state index contributed by atoms with van der Waals surface area (Å²) in [6.45, 7) is 2.52. The molecule has 1 saturated heterocycles. The predicted molar refractivity (Wildman–Crippen MR) is 69.0 cm³/mol. The van der Waals surface area contributed by atoms with Gasteiger partial charge in [-0.1, -0.05) is 0 Å². The van der Waals surface area contributed by atoms with Gasteiger partial charge in [-0.3, -0.25) is 9.59 Å². The van der Waals surface area contributed by atoms with Crippen molar-refractivity contribution in [3.8, 4) is 0 Å². The Morgan fingerprint density at radius 3 is 2.89 bits per heavy atom. The Balaban J connectivity index is 2.08. The van der Waals surface area contributed by atoms with Crippen molar-refractivity contribution in [3.63, 3.8) is 0 Å². The molecule has 0 aliphatic carbocycles. The number of hydrogen-bond acceptors (Lipinski definition) is 3. The van der Waals surface area contributed by atoms with Crippen LogP contribution in [0, 0.1) is 6.92 Å². The molecule has 0 bridgehead atoms. The van der Waals surface area contributed by atoms with E-state index < -0.39 is 5.97 Å². The Hall–Kier alpha value is -1.78. The predicted octanol–water partition coefficient (Wildman–Crippen LogP) is 2.45. The van der Waals surface area contributed by atoms with Gasteiger partial charge in [-0.15, -0.1) is 0 Å². The first-order valence-corrected chi connectivity index (χ1v) is 6.66. The van der Waals surface area contributed by atoms with E-state index in [1.165, 1.54) is 6.26 Å². The highest BCUT2D eigenvalue weighted by molar-refractivity contribution is 5.93. The highest BCUT2D eigenvalue weighted by atomic mass is 16.4. The number of furan rings is 1. The standard InChI is InChI=1S/C14H19NO4/c1-10-7-9-19-13(10)14(18)15-8-3-2-4-11(15)5-6-12(16)17/h7,9,11H,2-6,8H2,1H3,(H,16,17). The van der Waals surface area contributed by atoms with Gasteiger partial charge in [-0.05, 0) is 38.7 Å². The minimum atomic E-state index is -0.813. The first kappa shape index (κ1) is 13.6. The van der Waals surface area contributed by atoms with Gasteiger partial charge in [-0.25, -0.2) is 0 Å². The summed E-state index contributed by atoms with van der Waals surface area (Å²) in [5.74, 6) is -0.549. The van der Waals surface area contributed by atoms with Gasteiger partial charge in [0, 0.05) is 24.6 Å². The number of aliphatic carboxylic acids is 1. The Morgan fingerprint density at radius 1 is 1.47 bits per heavy atom. The summed E-state index contributed by atoms with van der Waals surface area (Å²) in [4.78, 5) is 24.9. The number of likely N-dealkylation sites (tertiary alicyclic amines) is 1. The fourth-order valence-corrected chi connectivity index (χ4v) is 2.58. The van der Waals surface area contributed by atoms with Crippen molar-refractivity contribution in [2.45, 2.75) is 45.1 Å². The Bertz CT molecular complexity index is 466. The van der Waals surface area contributed by atoms with Gasteiger partial charge in [0.2, 0.25) is 0 Å². The number of amides is 1. The molecule has 0 radical (unpaired) electrons. The van der Waals surface area contributed by atoms with Crippen molar-refractivity contribution in [2.75, 3.05) is 6.54 Å². The molecule has 19 heavy (non-hydrogen) atoms. The fraction of sp³-hybridized carbons (Fsp3) is 0.571. The van der Waals surface area contributed by atoms with Crippen LogP contribution in [0.15, 0.2) is 16.7 Å². The van der Waals surface area contributed by atoms with Crippen LogP contribution in [0.3, 0.4) is 0 Å². The van der Waals surface area contributed by atoms with Crippen molar-refractivity contribution in [3.05, 3.63) is 23.7 Å². The maximum atomic E-state index is 12.4. The van der Waals surface area contributed by atoms with Gasteiger partial charge >= 0.3 is 5.97 Å². The van der Waals surface area contributed by atoms with E-state index in [-0.39, 0.29) is 18.4 Å². The number of piperidine rings is 1. The molecule has 1 aromatic rings. The van der Waals surface area contributed by atoms with Crippen LogP contribution in [0.5, 0.6) is 0 Å². The lowest BCUT2D eigenvalue weighted by molar-refractivity contribution is -0.137.